The molecule has 0 radical (unpaired) electrons. The molecule has 31 heavy (non-hydrogen) atoms. The van der Waals surface area contributed by atoms with E-state index in [-0.39, 0.29) is 24.9 Å². The van der Waals surface area contributed by atoms with Crippen molar-refractivity contribution in [2.75, 3.05) is 6.54 Å². The van der Waals surface area contributed by atoms with Gasteiger partial charge in [0.1, 0.15) is 23.8 Å². The molecule has 1 aromatic carbocycles. The Morgan fingerprint density at radius 2 is 1.90 bits per heavy atom. The number of nitrogens with one attached hydrogen (secondary N) is 2. The van der Waals surface area contributed by atoms with Gasteiger partial charge in [0.25, 0.3) is 5.91 Å². The Balaban J connectivity index is 1.25. The van der Waals surface area contributed by atoms with E-state index < -0.39 is 0 Å². The molecule has 0 spiro atoms. The highest BCUT2D eigenvalue weighted by Crippen LogP contribution is 2.15. The molecule has 0 fully saturated rings. The van der Waals surface area contributed by atoms with Crippen LogP contribution in [0.15, 0.2) is 71.6 Å². The van der Waals surface area contributed by atoms with Crippen molar-refractivity contribution in [1.29, 1.82) is 0 Å². The Kier molecular flexibility index (Phi) is 5.98. The molecule has 3 heterocycles. The normalized spacial score (nSPS) is 10.7. The van der Waals surface area contributed by atoms with E-state index >= 15 is 0 Å². The van der Waals surface area contributed by atoms with Gasteiger partial charge < -0.3 is 24.2 Å². The standard InChI is InChI=1S/C23H22N4O4/c1-16-4-9-21-26-18(14-27(21)13-16)15-31-19-7-5-17(6-8-19)23(29)25-12-22(28)24-11-20-3-2-10-30-20/h2-10,13-14H,11-12,15H2,1H3,(H,24,28)(H,25,29). The summed E-state index contributed by atoms with van der Waals surface area (Å²) >= 11 is 0. The zero-order chi connectivity index (χ0) is 21.6. The topological polar surface area (TPSA) is 97.9 Å². The lowest BCUT2D eigenvalue weighted by Crippen LogP contribution is -2.36. The Bertz CT molecular complexity index is 1180. The number of fused-ring (bicyclic) bond motifs is 1. The number of nitrogens with zero attached hydrogens (tertiary/aromatic N) is 2. The lowest BCUT2D eigenvalue weighted by molar-refractivity contribution is -0.120. The number of aromatic nitrogens is 2. The van der Waals surface area contributed by atoms with E-state index in [1.165, 1.54) is 6.26 Å². The third kappa shape index (κ3) is 5.30. The van der Waals surface area contributed by atoms with Gasteiger partial charge in [0, 0.05) is 18.0 Å². The Labute approximate surface area is 178 Å². The monoisotopic (exact) mass is 418 g/mol. The average Bonchev–Trinajstić information content (AvgIpc) is 3.44. The highest BCUT2D eigenvalue weighted by atomic mass is 16.5. The summed E-state index contributed by atoms with van der Waals surface area (Å²) < 4.78 is 12.9. The smallest absolute Gasteiger partial charge is 0.251 e. The first-order chi connectivity index (χ1) is 15.1. The van der Waals surface area contributed by atoms with Crippen molar-refractivity contribution in [3.05, 3.63) is 89.8 Å². The quantitative estimate of drug-likeness (QED) is 0.459. The predicted molar refractivity (Wildman–Crippen MR) is 114 cm³/mol. The van der Waals surface area contributed by atoms with Crippen LogP contribution >= 0.6 is 0 Å². The highest BCUT2D eigenvalue weighted by Gasteiger charge is 2.09. The van der Waals surface area contributed by atoms with Crippen molar-refractivity contribution in [2.45, 2.75) is 20.1 Å². The molecule has 0 bridgehead atoms. The molecular weight excluding hydrogens is 396 g/mol. The first-order valence-electron chi connectivity index (χ1n) is 9.81. The van der Waals surface area contributed by atoms with Gasteiger partial charge >= 0.3 is 0 Å². The number of carbonyl (C=O) groups is 2. The number of imidazole rings is 1. The van der Waals surface area contributed by atoms with Crippen molar-refractivity contribution >= 4 is 17.5 Å². The molecule has 0 atom stereocenters. The maximum Gasteiger partial charge on any atom is 0.251 e. The fourth-order valence-electron chi connectivity index (χ4n) is 3.01. The largest absolute Gasteiger partial charge is 0.487 e. The molecule has 4 rings (SSSR count). The summed E-state index contributed by atoms with van der Waals surface area (Å²) in [6.07, 6.45) is 5.48. The van der Waals surface area contributed by atoms with Gasteiger partial charge in [0.2, 0.25) is 5.91 Å². The zero-order valence-corrected chi connectivity index (χ0v) is 17.0. The van der Waals surface area contributed by atoms with Gasteiger partial charge in [-0.15, -0.1) is 0 Å². The SMILES string of the molecule is Cc1ccc2nc(COc3ccc(C(=O)NCC(=O)NCc4ccco4)cc3)cn2c1. The Hall–Kier alpha value is -4.07. The molecule has 8 heteroatoms. The van der Waals surface area contributed by atoms with Gasteiger partial charge in [0.15, 0.2) is 0 Å². The second-order valence-corrected chi connectivity index (χ2v) is 7.06. The molecular formula is C23H22N4O4. The van der Waals surface area contributed by atoms with Crippen LogP contribution in [0.25, 0.3) is 5.65 Å². The van der Waals surface area contributed by atoms with Crippen LogP contribution < -0.4 is 15.4 Å². The molecule has 0 aliphatic heterocycles. The van der Waals surface area contributed by atoms with Gasteiger partial charge in [-0.05, 0) is 55.0 Å². The molecule has 0 unspecified atom stereocenters. The number of aryl methyl sites for hydroxylation is 1. The summed E-state index contributed by atoms with van der Waals surface area (Å²) in [5, 5.41) is 5.26. The van der Waals surface area contributed by atoms with Gasteiger partial charge in [-0.2, -0.15) is 0 Å². The Morgan fingerprint density at radius 1 is 1.06 bits per heavy atom. The van der Waals surface area contributed by atoms with E-state index in [4.69, 9.17) is 9.15 Å². The van der Waals surface area contributed by atoms with E-state index in [9.17, 15) is 9.59 Å². The van der Waals surface area contributed by atoms with E-state index in [2.05, 4.69) is 15.6 Å². The third-order valence-electron chi connectivity index (χ3n) is 4.60. The van der Waals surface area contributed by atoms with Crippen LogP contribution in [-0.4, -0.2) is 27.7 Å². The van der Waals surface area contributed by atoms with Gasteiger partial charge in [-0.3, -0.25) is 9.59 Å². The lowest BCUT2D eigenvalue weighted by Gasteiger charge is -2.07. The van der Waals surface area contributed by atoms with Gasteiger partial charge in [-0.1, -0.05) is 6.07 Å². The van der Waals surface area contributed by atoms with Crippen molar-refractivity contribution < 1.29 is 18.7 Å². The van der Waals surface area contributed by atoms with Crippen LogP contribution in [0.1, 0.15) is 27.4 Å². The van der Waals surface area contributed by atoms with Crippen LogP contribution in [0, 0.1) is 6.92 Å². The number of furan rings is 1. The van der Waals surface area contributed by atoms with E-state index in [1.54, 1.807) is 36.4 Å². The van der Waals surface area contributed by atoms with E-state index in [1.807, 2.05) is 35.9 Å². The van der Waals surface area contributed by atoms with Crippen molar-refractivity contribution in [3.63, 3.8) is 0 Å². The number of carbonyl (C=O) groups excluding carboxylic acids is 2. The highest BCUT2D eigenvalue weighted by molar-refractivity contribution is 5.96. The van der Waals surface area contributed by atoms with Gasteiger partial charge in [0.05, 0.1) is 25.0 Å². The minimum Gasteiger partial charge on any atom is -0.487 e. The number of benzene rings is 1. The molecule has 2 amide bonds. The Morgan fingerprint density at radius 3 is 2.68 bits per heavy atom. The van der Waals surface area contributed by atoms with Crippen molar-refractivity contribution in [1.82, 2.24) is 20.0 Å². The van der Waals surface area contributed by atoms with Crippen LogP contribution in [0.4, 0.5) is 0 Å². The summed E-state index contributed by atoms with van der Waals surface area (Å²) in [6.45, 7) is 2.51. The molecule has 4 aromatic rings. The third-order valence-corrected chi connectivity index (χ3v) is 4.60. The summed E-state index contributed by atoms with van der Waals surface area (Å²) in [6, 6.07) is 14.2. The number of hydrogen-bond acceptors (Lipinski definition) is 5. The predicted octanol–water partition coefficient (Wildman–Crippen LogP) is 2.86. The fraction of sp³-hybridized carbons (Fsp3) is 0.174. The van der Waals surface area contributed by atoms with E-state index in [0.717, 1.165) is 16.9 Å². The fourth-order valence-corrected chi connectivity index (χ4v) is 3.01. The van der Waals surface area contributed by atoms with Crippen LogP contribution in [0.5, 0.6) is 5.75 Å². The van der Waals surface area contributed by atoms with Gasteiger partial charge in [-0.25, -0.2) is 4.98 Å². The summed E-state index contributed by atoms with van der Waals surface area (Å²) in [7, 11) is 0. The zero-order valence-electron chi connectivity index (χ0n) is 17.0. The van der Waals surface area contributed by atoms with Crippen LogP contribution in [0.2, 0.25) is 0 Å². The van der Waals surface area contributed by atoms with E-state index in [0.29, 0.717) is 23.7 Å². The minimum atomic E-state index is -0.338. The summed E-state index contributed by atoms with van der Waals surface area (Å²) in [5.74, 6) is 0.637. The molecule has 8 nitrogen and oxygen atoms in total. The average molecular weight is 418 g/mol. The molecule has 0 saturated carbocycles. The maximum absolute atomic E-state index is 12.2. The summed E-state index contributed by atoms with van der Waals surface area (Å²) in [5.41, 5.74) is 3.27. The number of rotatable bonds is 8. The maximum atomic E-state index is 12.2. The second-order valence-electron chi connectivity index (χ2n) is 7.06. The lowest BCUT2D eigenvalue weighted by atomic mass is 10.2. The first kappa shape index (κ1) is 20.2. The number of ether oxygens (including phenoxy) is 1. The van der Waals surface area contributed by atoms with Crippen molar-refractivity contribution in [3.8, 4) is 5.75 Å². The summed E-state index contributed by atoms with van der Waals surface area (Å²) in [4.78, 5) is 28.6. The number of hydrogen-bond donors (Lipinski definition) is 2. The molecule has 0 aliphatic carbocycles. The molecule has 0 aliphatic rings. The second kappa shape index (κ2) is 9.17. The van der Waals surface area contributed by atoms with Crippen LogP contribution in [-0.2, 0) is 17.9 Å². The molecule has 3 aromatic heterocycles. The molecule has 158 valence electrons. The minimum absolute atomic E-state index is 0.120. The molecule has 0 saturated heterocycles. The number of pyridine rings is 1. The number of amides is 2. The molecule has 2 N–H and O–H groups in total. The van der Waals surface area contributed by atoms with Crippen molar-refractivity contribution in [2.24, 2.45) is 0 Å². The first-order valence-corrected chi connectivity index (χ1v) is 9.81. The van der Waals surface area contributed by atoms with Crippen LogP contribution in [0.3, 0.4) is 0 Å².